The first-order chi connectivity index (χ1) is 7.43. The van der Waals surface area contributed by atoms with Gasteiger partial charge in [0, 0.05) is 22.5 Å². The van der Waals surface area contributed by atoms with Crippen molar-refractivity contribution in [1.82, 2.24) is 0 Å². The smallest absolute Gasteiger partial charge is 0.175 e. The summed E-state index contributed by atoms with van der Waals surface area (Å²) in [7, 11) is -3.14. The number of rotatable bonds is 4. The van der Waals surface area contributed by atoms with E-state index < -0.39 is 9.84 Å². The maximum absolute atomic E-state index is 11.2. The Morgan fingerprint density at radius 1 is 1.38 bits per heavy atom. The summed E-state index contributed by atoms with van der Waals surface area (Å²) in [5.41, 5.74) is 2.06. The number of sulfone groups is 1. The van der Waals surface area contributed by atoms with Crippen molar-refractivity contribution in [3.05, 3.63) is 34.8 Å². The summed E-state index contributed by atoms with van der Waals surface area (Å²) in [6, 6.07) is 6.43. The van der Waals surface area contributed by atoms with E-state index >= 15 is 0 Å². The zero-order valence-electron chi connectivity index (χ0n) is 8.57. The molecule has 1 N–H and O–H groups in total. The number of anilines is 1. The Bertz CT molecular complexity index is 480. The van der Waals surface area contributed by atoms with Crippen LogP contribution in [0.15, 0.2) is 39.7 Å². The molecule has 0 aromatic heterocycles. The average molecular weight is 280 g/mol. The lowest BCUT2D eigenvalue weighted by Crippen LogP contribution is -2.02. The van der Waals surface area contributed by atoms with Gasteiger partial charge in [-0.25, -0.2) is 8.42 Å². The van der Waals surface area contributed by atoms with Gasteiger partial charge in [0.25, 0.3) is 0 Å². The van der Waals surface area contributed by atoms with Crippen molar-refractivity contribution in [3.63, 3.8) is 0 Å². The minimum Gasteiger partial charge on any atom is -0.380 e. The van der Waals surface area contributed by atoms with Crippen molar-refractivity contribution in [2.24, 2.45) is 0 Å². The molecule has 88 valence electrons. The second kappa shape index (κ2) is 5.57. The fraction of sp³-hybridized carbons (Fsp3) is 0.200. The van der Waals surface area contributed by atoms with Gasteiger partial charge in [0.15, 0.2) is 9.84 Å². The van der Waals surface area contributed by atoms with Crippen LogP contribution >= 0.6 is 23.2 Å². The van der Waals surface area contributed by atoms with Gasteiger partial charge in [0.2, 0.25) is 0 Å². The molecule has 0 fully saturated rings. The van der Waals surface area contributed by atoms with Gasteiger partial charge in [-0.3, -0.25) is 0 Å². The van der Waals surface area contributed by atoms with Gasteiger partial charge in [0.05, 0.1) is 11.4 Å². The first kappa shape index (κ1) is 13.4. The first-order valence-corrected chi connectivity index (χ1v) is 7.13. The summed E-state index contributed by atoms with van der Waals surface area (Å²) in [4.78, 5) is 0.289. The number of hydrogen-bond donors (Lipinski definition) is 1. The van der Waals surface area contributed by atoms with Crippen LogP contribution in [0.3, 0.4) is 0 Å². The highest BCUT2D eigenvalue weighted by atomic mass is 35.5. The Kier molecular flexibility index (Phi) is 4.65. The topological polar surface area (TPSA) is 46.2 Å². The lowest BCUT2D eigenvalue weighted by atomic mass is 10.3. The molecule has 0 heterocycles. The van der Waals surface area contributed by atoms with Crippen LogP contribution in [0.2, 0.25) is 0 Å². The molecule has 16 heavy (non-hydrogen) atoms. The molecule has 0 saturated carbocycles. The van der Waals surface area contributed by atoms with Crippen molar-refractivity contribution in [2.75, 3.05) is 18.1 Å². The Morgan fingerprint density at radius 2 is 1.94 bits per heavy atom. The molecule has 1 rings (SSSR count). The van der Waals surface area contributed by atoms with E-state index in [0.29, 0.717) is 11.6 Å². The molecule has 0 bridgehead atoms. The Balaban J connectivity index is 2.73. The maximum Gasteiger partial charge on any atom is 0.175 e. The minimum atomic E-state index is -3.14. The van der Waals surface area contributed by atoms with Crippen LogP contribution in [0.5, 0.6) is 0 Å². The minimum absolute atomic E-state index is 0.289. The zero-order valence-corrected chi connectivity index (χ0v) is 10.9. The molecule has 6 heteroatoms. The summed E-state index contributed by atoms with van der Waals surface area (Å²) in [5.74, 6) is 0. The molecular weight excluding hydrogens is 269 g/mol. The van der Waals surface area contributed by atoms with Crippen LogP contribution in [-0.2, 0) is 9.84 Å². The van der Waals surface area contributed by atoms with E-state index in [0.717, 1.165) is 5.69 Å². The van der Waals surface area contributed by atoms with Gasteiger partial charge < -0.3 is 5.32 Å². The van der Waals surface area contributed by atoms with Crippen LogP contribution < -0.4 is 5.32 Å². The lowest BCUT2D eigenvalue weighted by Gasteiger charge is -2.05. The molecule has 0 unspecified atom stereocenters. The van der Waals surface area contributed by atoms with E-state index in [9.17, 15) is 8.42 Å². The second-order valence-electron chi connectivity index (χ2n) is 3.21. The molecule has 0 atom stereocenters. The van der Waals surface area contributed by atoms with Crippen molar-refractivity contribution >= 4 is 38.7 Å². The highest BCUT2D eigenvalue weighted by Crippen LogP contribution is 2.14. The van der Waals surface area contributed by atoms with Crippen LogP contribution in [0, 0.1) is 0 Å². The van der Waals surface area contributed by atoms with Gasteiger partial charge in [0.1, 0.15) is 0 Å². The highest BCUT2D eigenvalue weighted by Gasteiger charge is 2.05. The summed E-state index contributed by atoms with van der Waals surface area (Å²) >= 11 is 11.1. The molecule has 0 spiro atoms. The fourth-order valence-electron chi connectivity index (χ4n) is 1.05. The molecule has 1 aromatic rings. The molecule has 3 nitrogen and oxygen atoms in total. The van der Waals surface area contributed by atoms with E-state index in [1.165, 1.54) is 23.9 Å². The molecule has 0 amide bonds. The second-order valence-corrected chi connectivity index (χ2v) is 5.93. The van der Waals surface area contributed by atoms with E-state index in [1.54, 1.807) is 12.1 Å². The third-order valence-electron chi connectivity index (χ3n) is 1.86. The summed E-state index contributed by atoms with van der Waals surface area (Å²) in [5, 5.41) is 3.47. The van der Waals surface area contributed by atoms with Crippen molar-refractivity contribution in [1.29, 1.82) is 0 Å². The van der Waals surface area contributed by atoms with Gasteiger partial charge in [-0.1, -0.05) is 23.2 Å². The normalized spacial score (nSPS) is 12.6. The standard InChI is InChI=1S/C10H11Cl2NO2S/c1-16(14,15)10-4-2-9(3-5-10)13-7-8(12)6-11/h2-6,13H,7H2,1H3. The number of nitrogens with one attached hydrogen (secondary N) is 1. The zero-order chi connectivity index (χ0) is 12.2. The fourth-order valence-corrected chi connectivity index (χ4v) is 1.82. The Labute approximate surface area is 105 Å². The molecule has 0 aliphatic heterocycles. The predicted octanol–water partition coefficient (Wildman–Crippen LogP) is 2.82. The van der Waals surface area contributed by atoms with Crippen LogP contribution in [-0.4, -0.2) is 21.2 Å². The molecular formula is C10H11Cl2NO2S. The van der Waals surface area contributed by atoms with Crippen LogP contribution in [0.4, 0.5) is 5.69 Å². The van der Waals surface area contributed by atoms with Gasteiger partial charge in [-0.15, -0.1) is 0 Å². The predicted molar refractivity (Wildman–Crippen MR) is 67.8 cm³/mol. The molecule has 0 saturated heterocycles. The van der Waals surface area contributed by atoms with Crippen molar-refractivity contribution in [3.8, 4) is 0 Å². The van der Waals surface area contributed by atoms with E-state index in [2.05, 4.69) is 5.32 Å². The average Bonchev–Trinajstić information content (AvgIpc) is 2.25. The molecule has 0 aliphatic carbocycles. The SMILES string of the molecule is CS(=O)(=O)c1ccc(NCC(Cl)=CCl)cc1. The largest absolute Gasteiger partial charge is 0.380 e. The summed E-state index contributed by atoms with van der Waals surface area (Å²) in [6.07, 6.45) is 1.17. The highest BCUT2D eigenvalue weighted by molar-refractivity contribution is 7.90. The van der Waals surface area contributed by atoms with Crippen LogP contribution in [0.25, 0.3) is 0 Å². The van der Waals surface area contributed by atoms with Gasteiger partial charge >= 0.3 is 0 Å². The summed E-state index contributed by atoms with van der Waals surface area (Å²) < 4.78 is 22.4. The monoisotopic (exact) mass is 279 g/mol. The Morgan fingerprint density at radius 3 is 2.38 bits per heavy atom. The maximum atomic E-state index is 11.2. The number of benzene rings is 1. The van der Waals surface area contributed by atoms with E-state index in [1.807, 2.05) is 0 Å². The number of hydrogen-bond acceptors (Lipinski definition) is 3. The number of halogens is 2. The molecule has 0 radical (unpaired) electrons. The first-order valence-electron chi connectivity index (χ1n) is 4.42. The van der Waals surface area contributed by atoms with Crippen molar-refractivity contribution < 1.29 is 8.42 Å². The third kappa shape index (κ3) is 4.04. The Hall–Kier alpha value is -0.710. The van der Waals surface area contributed by atoms with Crippen LogP contribution in [0.1, 0.15) is 0 Å². The molecule has 0 aliphatic rings. The van der Waals surface area contributed by atoms with E-state index in [4.69, 9.17) is 23.2 Å². The van der Waals surface area contributed by atoms with Gasteiger partial charge in [-0.05, 0) is 24.3 Å². The van der Waals surface area contributed by atoms with Gasteiger partial charge in [-0.2, -0.15) is 0 Å². The van der Waals surface area contributed by atoms with E-state index in [-0.39, 0.29) is 4.90 Å². The quantitative estimate of drug-likeness (QED) is 0.922. The molecule has 1 aromatic carbocycles. The van der Waals surface area contributed by atoms with Crippen molar-refractivity contribution in [2.45, 2.75) is 4.90 Å². The summed E-state index contributed by atoms with van der Waals surface area (Å²) in [6.45, 7) is 0.406. The lowest BCUT2D eigenvalue weighted by molar-refractivity contribution is 0.602. The third-order valence-corrected chi connectivity index (χ3v) is 3.61.